The van der Waals surface area contributed by atoms with Crippen LogP contribution in [0.4, 0.5) is 0 Å². The maximum absolute atomic E-state index is 12.7. The Morgan fingerprint density at radius 2 is 1.96 bits per heavy atom. The summed E-state index contributed by atoms with van der Waals surface area (Å²) in [5.74, 6) is -1.08. The van der Waals surface area contributed by atoms with Crippen molar-refractivity contribution >= 4 is 35.1 Å². The molecule has 7 heteroatoms. The molecule has 0 unspecified atom stereocenters. The van der Waals surface area contributed by atoms with Gasteiger partial charge in [0.1, 0.15) is 6.61 Å². The monoisotopic (exact) mass is 379 g/mol. The first-order chi connectivity index (χ1) is 11.8. The van der Waals surface area contributed by atoms with Crippen LogP contribution in [0, 0.1) is 6.92 Å². The molecule has 0 N–H and O–H groups in total. The zero-order valence-electron chi connectivity index (χ0n) is 13.9. The smallest absolute Gasteiger partial charge is 0.341 e. The van der Waals surface area contributed by atoms with Crippen molar-refractivity contribution in [1.29, 1.82) is 0 Å². The Hall–Kier alpha value is -2.11. The van der Waals surface area contributed by atoms with Gasteiger partial charge in [-0.05, 0) is 38.5 Å². The van der Waals surface area contributed by atoms with Crippen LogP contribution in [0.2, 0.25) is 10.0 Å². The Labute approximate surface area is 154 Å². The molecule has 1 aliphatic rings. The molecule has 0 spiro atoms. The van der Waals surface area contributed by atoms with E-state index in [1.54, 1.807) is 39.0 Å². The van der Waals surface area contributed by atoms with E-state index in [1.165, 1.54) is 0 Å². The topological polar surface area (TPSA) is 65.5 Å². The van der Waals surface area contributed by atoms with E-state index < -0.39 is 11.9 Å². The average molecular weight is 380 g/mol. The van der Waals surface area contributed by atoms with E-state index in [0.29, 0.717) is 32.6 Å². The Morgan fingerprint density at radius 1 is 1.24 bits per heavy atom. The highest BCUT2D eigenvalue weighted by Crippen LogP contribution is 2.37. The van der Waals surface area contributed by atoms with Crippen molar-refractivity contribution in [1.82, 2.24) is 4.98 Å². The molecule has 0 saturated carbocycles. The first-order valence-electron chi connectivity index (χ1n) is 7.66. The maximum atomic E-state index is 12.7. The number of ether oxygens (including phenoxy) is 2. The highest BCUT2D eigenvalue weighted by Gasteiger charge is 2.33. The van der Waals surface area contributed by atoms with Crippen LogP contribution in [0.25, 0.3) is 11.1 Å². The summed E-state index contributed by atoms with van der Waals surface area (Å²) < 4.78 is 10.4. The fourth-order valence-corrected chi connectivity index (χ4v) is 3.06. The number of aromatic nitrogens is 1. The molecule has 2 heterocycles. The van der Waals surface area contributed by atoms with E-state index in [2.05, 4.69) is 4.98 Å². The third kappa shape index (κ3) is 3.22. The number of fused-ring (bicyclic) bond motifs is 1. The number of esters is 2. The highest BCUT2D eigenvalue weighted by molar-refractivity contribution is 6.42. The summed E-state index contributed by atoms with van der Waals surface area (Å²) in [6, 6.07) is 4.91. The number of halogens is 2. The molecule has 0 fully saturated rings. The van der Waals surface area contributed by atoms with Gasteiger partial charge < -0.3 is 9.47 Å². The van der Waals surface area contributed by atoms with Gasteiger partial charge in [0.2, 0.25) is 0 Å². The van der Waals surface area contributed by atoms with Crippen LogP contribution < -0.4 is 0 Å². The molecule has 0 aliphatic carbocycles. The summed E-state index contributed by atoms with van der Waals surface area (Å²) >= 11 is 12.1. The third-order valence-electron chi connectivity index (χ3n) is 3.75. The molecule has 1 aliphatic heterocycles. The van der Waals surface area contributed by atoms with Crippen molar-refractivity contribution in [2.75, 3.05) is 0 Å². The zero-order chi connectivity index (χ0) is 18.3. The number of rotatable bonds is 3. The lowest BCUT2D eigenvalue weighted by Gasteiger charge is -2.16. The van der Waals surface area contributed by atoms with E-state index >= 15 is 0 Å². The average Bonchev–Trinajstić information content (AvgIpc) is 2.88. The molecule has 0 amide bonds. The SMILES string of the molecule is Cc1nc2c(c(-c3ccc(Cl)c(Cl)c3)c1C(=O)OC(C)C)C(=O)OC2. The predicted molar refractivity (Wildman–Crippen MR) is 94.1 cm³/mol. The molecule has 0 radical (unpaired) electrons. The number of nitrogens with zero attached hydrogens (tertiary/aromatic N) is 1. The van der Waals surface area contributed by atoms with Gasteiger partial charge in [-0.15, -0.1) is 0 Å². The predicted octanol–water partition coefficient (Wildman–Crippen LogP) is 4.60. The van der Waals surface area contributed by atoms with Crippen LogP contribution in [0.1, 0.15) is 46.0 Å². The minimum Gasteiger partial charge on any atom is -0.459 e. The molecule has 130 valence electrons. The van der Waals surface area contributed by atoms with Gasteiger partial charge in [-0.3, -0.25) is 4.98 Å². The van der Waals surface area contributed by atoms with Gasteiger partial charge in [-0.2, -0.15) is 0 Å². The van der Waals surface area contributed by atoms with Crippen LogP contribution in [-0.2, 0) is 16.1 Å². The number of aryl methyl sites for hydroxylation is 1. The quantitative estimate of drug-likeness (QED) is 0.729. The molecule has 0 atom stereocenters. The van der Waals surface area contributed by atoms with Crippen LogP contribution in [0.5, 0.6) is 0 Å². The van der Waals surface area contributed by atoms with Gasteiger partial charge in [0.05, 0.1) is 38.7 Å². The molecule has 25 heavy (non-hydrogen) atoms. The maximum Gasteiger partial charge on any atom is 0.341 e. The highest BCUT2D eigenvalue weighted by atomic mass is 35.5. The van der Waals surface area contributed by atoms with Crippen LogP contribution >= 0.6 is 23.2 Å². The van der Waals surface area contributed by atoms with Gasteiger partial charge in [-0.1, -0.05) is 29.3 Å². The number of benzene rings is 1. The van der Waals surface area contributed by atoms with Gasteiger partial charge >= 0.3 is 11.9 Å². The first kappa shape index (κ1) is 17.7. The summed E-state index contributed by atoms with van der Waals surface area (Å²) in [7, 11) is 0. The number of hydrogen-bond donors (Lipinski definition) is 0. The summed E-state index contributed by atoms with van der Waals surface area (Å²) in [6.07, 6.45) is -0.311. The third-order valence-corrected chi connectivity index (χ3v) is 4.49. The second kappa shape index (κ2) is 6.65. The summed E-state index contributed by atoms with van der Waals surface area (Å²) in [4.78, 5) is 29.3. The van der Waals surface area contributed by atoms with E-state index in [4.69, 9.17) is 32.7 Å². The van der Waals surface area contributed by atoms with E-state index in [0.717, 1.165) is 0 Å². The van der Waals surface area contributed by atoms with Crippen molar-refractivity contribution in [2.45, 2.75) is 33.5 Å². The number of carbonyl (C=O) groups is 2. The van der Waals surface area contributed by atoms with Crippen LogP contribution in [0.3, 0.4) is 0 Å². The zero-order valence-corrected chi connectivity index (χ0v) is 15.4. The Morgan fingerprint density at radius 3 is 2.60 bits per heavy atom. The molecular weight excluding hydrogens is 365 g/mol. The lowest BCUT2D eigenvalue weighted by molar-refractivity contribution is 0.0377. The minimum atomic E-state index is -0.552. The second-order valence-corrected chi connectivity index (χ2v) is 6.74. The number of cyclic esters (lactones) is 1. The van der Waals surface area contributed by atoms with Gasteiger partial charge in [-0.25, -0.2) is 9.59 Å². The Balaban J connectivity index is 2.31. The molecule has 5 nitrogen and oxygen atoms in total. The van der Waals surface area contributed by atoms with Gasteiger partial charge in [0.25, 0.3) is 0 Å². The molecular formula is C18H15Cl2NO4. The second-order valence-electron chi connectivity index (χ2n) is 5.93. The fraction of sp³-hybridized carbons (Fsp3) is 0.278. The van der Waals surface area contributed by atoms with Crippen molar-refractivity contribution in [2.24, 2.45) is 0 Å². The first-order valence-corrected chi connectivity index (χ1v) is 8.42. The van der Waals surface area contributed by atoms with Crippen molar-refractivity contribution in [3.63, 3.8) is 0 Å². The standard InChI is InChI=1S/C18H15Cl2NO4/c1-8(2)25-18(23)14-9(3)21-13-7-24-17(22)16(13)15(14)10-4-5-11(19)12(20)6-10/h4-6,8H,7H2,1-3H3. The van der Waals surface area contributed by atoms with E-state index in [9.17, 15) is 9.59 Å². The molecule has 0 saturated heterocycles. The lowest BCUT2D eigenvalue weighted by Crippen LogP contribution is -2.17. The van der Waals surface area contributed by atoms with E-state index in [1.807, 2.05) is 0 Å². The summed E-state index contributed by atoms with van der Waals surface area (Å²) in [6.45, 7) is 5.27. The largest absolute Gasteiger partial charge is 0.459 e. The lowest BCUT2D eigenvalue weighted by atomic mass is 9.93. The number of pyridine rings is 1. The number of carbonyl (C=O) groups excluding carboxylic acids is 2. The summed E-state index contributed by atoms with van der Waals surface area (Å²) in [5.41, 5.74) is 2.43. The van der Waals surface area contributed by atoms with E-state index in [-0.39, 0.29) is 23.8 Å². The number of hydrogen-bond acceptors (Lipinski definition) is 5. The van der Waals surface area contributed by atoms with Crippen molar-refractivity contribution in [3.8, 4) is 11.1 Å². The molecule has 2 aromatic rings. The minimum absolute atomic E-state index is 0.0723. The summed E-state index contributed by atoms with van der Waals surface area (Å²) in [5, 5.41) is 0.693. The Kier molecular flexibility index (Phi) is 4.71. The van der Waals surface area contributed by atoms with Gasteiger partial charge in [0.15, 0.2) is 0 Å². The van der Waals surface area contributed by atoms with Crippen LogP contribution in [0.15, 0.2) is 18.2 Å². The molecule has 0 bridgehead atoms. The van der Waals surface area contributed by atoms with Crippen molar-refractivity contribution < 1.29 is 19.1 Å². The fourth-order valence-electron chi connectivity index (χ4n) is 2.76. The Bertz CT molecular complexity index is 893. The van der Waals surface area contributed by atoms with Crippen LogP contribution in [-0.4, -0.2) is 23.0 Å². The van der Waals surface area contributed by atoms with Gasteiger partial charge in [0, 0.05) is 5.56 Å². The normalized spacial score (nSPS) is 13.0. The molecule has 1 aromatic carbocycles. The molecule has 1 aromatic heterocycles. The van der Waals surface area contributed by atoms with Crippen molar-refractivity contribution in [3.05, 3.63) is 50.8 Å². The molecule has 3 rings (SSSR count).